The van der Waals surface area contributed by atoms with Crippen molar-refractivity contribution in [2.24, 2.45) is 5.92 Å². The lowest BCUT2D eigenvalue weighted by molar-refractivity contribution is 0.102. The number of aryl methyl sites for hydroxylation is 1. The molecule has 0 atom stereocenters. The van der Waals surface area contributed by atoms with Crippen molar-refractivity contribution >= 4 is 22.6 Å². The first-order valence-electron chi connectivity index (χ1n) is 11.7. The molecule has 3 heterocycles. The number of aromatic amines is 1. The SMILES string of the molecule is Cc1cc(Oc2ncccn2)ccc1NC(=O)c1cc(C(C)C)nc2c1c(=O)[nH]c(=O)n2CC(C)C. The number of nitrogens with zero attached hydrogens (tertiary/aromatic N) is 4. The summed E-state index contributed by atoms with van der Waals surface area (Å²) in [6.07, 6.45) is 3.16. The molecule has 0 bridgehead atoms. The van der Waals surface area contributed by atoms with E-state index in [1.807, 2.05) is 34.6 Å². The molecule has 0 aliphatic rings. The van der Waals surface area contributed by atoms with Gasteiger partial charge in [-0.2, -0.15) is 0 Å². The van der Waals surface area contributed by atoms with Gasteiger partial charge in [-0.25, -0.2) is 19.7 Å². The largest absolute Gasteiger partial charge is 0.424 e. The smallest absolute Gasteiger partial charge is 0.330 e. The molecule has 0 saturated carbocycles. The molecule has 0 aliphatic heterocycles. The number of aromatic nitrogens is 5. The number of anilines is 1. The molecule has 10 heteroatoms. The predicted molar refractivity (Wildman–Crippen MR) is 137 cm³/mol. The summed E-state index contributed by atoms with van der Waals surface area (Å²) >= 11 is 0. The van der Waals surface area contributed by atoms with Crippen LogP contribution < -0.4 is 21.3 Å². The second-order valence-electron chi connectivity index (χ2n) is 9.28. The fourth-order valence-electron chi connectivity index (χ4n) is 3.78. The first-order chi connectivity index (χ1) is 17.1. The van der Waals surface area contributed by atoms with Crippen molar-refractivity contribution in [1.29, 1.82) is 0 Å². The molecule has 2 N–H and O–H groups in total. The van der Waals surface area contributed by atoms with Crippen LogP contribution in [0.2, 0.25) is 0 Å². The summed E-state index contributed by atoms with van der Waals surface area (Å²) < 4.78 is 7.08. The van der Waals surface area contributed by atoms with E-state index in [-0.39, 0.29) is 34.4 Å². The number of fused-ring (bicyclic) bond motifs is 1. The second-order valence-corrected chi connectivity index (χ2v) is 9.28. The zero-order chi connectivity index (χ0) is 26.0. The monoisotopic (exact) mass is 488 g/mol. The van der Waals surface area contributed by atoms with E-state index in [4.69, 9.17) is 4.74 Å². The Morgan fingerprint density at radius 1 is 1.11 bits per heavy atom. The number of amides is 1. The highest BCUT2D eigenvalue weighted by atomic mass is 16.5. The molecule has 0 radical (unpaired) electrons. The highest BCUT2D eigenvalue weighted by Crippen LogP contribution is 2.26. The highest BCUT2D eigenvalue weighted by molar-refractivity contribution is 6.12. The van der Waals surface area contributed by atoms with Crippen molar-refractivity contribution in [1.82, 2.24) is 24.5 Å². The molecule has 1 amide bonds. The van der Waals surface area contributed by atoms with Gasteiger partial charge in [-0.1, -0.05) is 27.7 Å². The van der Waals surface area contributed by atoms with Crippen molar-refractivity contribution in [2.45, 2.75) is 47.1 Å². The van der Waals surface area contributed by atoms with E-state index in [9.17, 15) is 14.4 Å². The topological polar surface area (TPSA) is 132 Å². The van der Waals surface area contributed by atoms with Crippen LogP contribution >= 0.6 is 0 Å². The van der Waals surface area contributed by atoms with E-state index in [0.717, 1.165) is 5.56 Å². The van der Waals surface area contributed by atoms with E-state index >= 15 is 0 Å². The molecule has 3 aromatic heterocycles. The van der Waals surface area contributed by atoms with E-state index in [2.05, 4.69) is 25.3 Å². The Balaban J connectivity index is 1.75. The van der Waals surface area contributed by atoms with Gasteiger partial charge in [-0.3, -0.25) is 19.1 Å². The van der Waals surface area contributed by atoms with Crippen LogP contribution in [0.4, 0.5) is 5.69 Å². The Hall–Kier alpha value is -4.34. The number of hydrogen-bond acceptors (Lipinski definition) is 7. The molecule has 1 aromatic carbocycles. The summed E-state index contributed by atoms with van der Waals surface area (Å²) in [5, 5.41) is 2.96. The third kappa shape index (κ3) is 5.17. The predicted octanol–water partition coefficient (Wildman–Crippen LogP) is 4.01. The number of nitrogens with one attached hydrogen (secondary N) is 2. The lowest BCUT2D eigenvalue weighted by Gasteiger charge is -2.16. The van der Waals surface area contributed by atoms with Crippen LogP contribution in [0.25, 0.3) is 11.0 Å². The van der Waals surface area contributed by atoms with Crippen molar-refractivity contribution in [3.05, 3.63) is 80.4 Å². The minimum atomic E-state index is -0.647. The number of hydrogen-bond donors (Lipinski definition) is 2. The van der Waals surface area contributed by atoms with Crippen LogP contribution in [0.15, 0.2) is 52.3 Å². The zero-order valence-corrected chi connectivity index (χ0v) is 20.8. The molecular formula is C26H28N6O4. The number of benzene rings is 1. The average molecular weight is 489 g/mol. The van der Waals surface area contributed by atoms with E-state index < -0.39 is 17.2 Å². The number of rotatable bonds is 7. The Bertz CT molecular complexity index is 1540. The fraction of sp³-hybridized carbons (Fsp3) is 0.308. The van der Waals surface area contributed by atoms with Gasteiger partial charge in [0.05, 0.1) is 10.9 Å². The van der Waals surface area contributed by atoms with Crippen molar-refractivity contribution < 1.29 is 9.53 Å². The molecule has 0 unspecified atom stereocenters. The van der Waals surface area contributed by atoms with Gasteiger partial charge in [0.2, 0.25) is 0 Å². The van der Waals surface area contributed by atoms with E-state index in [0.29, 0.717) is 23.7 Å². The average Bonchev–Trinajstić information content (AvgIpc) is 2.83. The molecule has 4 aromatic rings. The molecule has 10 nitrogen and oxygen atoms in total. The lowest BCUT2D eigenvalue weighted by Crippen LogP contribution is -2.33. The summed E-state index contributed by atoms with van der Waals surface area (Å²) in [4.78, 5) is 54.0. The highest BCUT2D eigenvalue weighted by Gasteiger charge is 2.21. The molecule has 0 saturated heterocycles. The summed E-state index contributed by atoms with van der Waals surface area (Å²) in [5.41, 5.74) is 1.06. The molecule has 186 valence electrons. The summed E-state index contributed by atoms with van der Waals surface area (Å²) in [5.74, 6) is 0.138. The fourth-order valence-corrected chi connectivity index (χ4v) is 3.78. The molecular weight excluding hydrogens is 460 g/mol. The van der Waals surface area contributed by atoms with Gasteiger partial charge in [0.15, 0.2) is 5.65 Å². The Kier molecular flexibility index (Phi) is 6.96. The maximum Gasteiger partial charge on any atom is 0.330 e. The summed E-state index contributed by atoms with van der Waals surface area (Å²) in [6.45, 7) is 9.98. The molecule has 36 heavy (non-hydrogen) atoms. The zero-order valence-electron chi connectivity index (χ0n) is 20.8. The van der Waals surface area contributed by atoms with Gasteiger partial charge < -0.3 is 10.1 Å². The first kappa shape index (κ1) is 24.8. The lowest BCUT2D eigenvalue weighted by atomic mass is 10.0. The van der Waals surface area contributed by atoms with Gasteiger partial charge in [0.1, 0.15) is 5.75 Å². The third-order valence-electron chi connectivity index (χ3n) is 5.55. The standard InChI is InChI=1S/C26H28N6O4/c1-14(2)13-32-22-21(24(34)31-26(32)35)18(12-20(29-22)15(3)4)23(33)30-19-8-7-17(11-16(19)5)36-25-27-9-6-10-28-25/h6-12,14-15H,13H2,1-5H3,(H,30,33)(H,31,34,35). The Morgan fingerprint density at radius 2 is 1.83 bits per heavy atom. The Morgan fingerprint density at radius 3 is 2.47 bits per heavy atom. The Labute approximate surface area is 207 Å². The van der Waals surface area contributed by atoms with E-state index in [1.165, 1.54) is 4.57 Å². The molecule has 0 aliphatic carbocycles. The summed E-state index contributed by atoms with van der Waals surface area (Å²) in [6, 6.07) is 8.67. The molecule has 0 fully saturated rings. The van der Waals surface area contributed by atoms with Gasteiger partial charge in [0, 0.05) is 30.3 Å². The van der Waals surface area contributed by atoms with Crippen LogP contribution in [-0.4, -0.2) is 30.4 Å². The normalized spacial score (nSPS) is 11.3. The van der Waals surface area contributed by atoms with Crippen LogP contribution in [0.1, 0.15) is 55.2 Å². The van der Waals surface area contributed by atoms with Crippen LogP contribution in [0.3, 0.4) is 0 Å². The number of carbonyl (C=O) groups excluding carboxylic acids is 1. The van der Waals surface area contributed by atoms with Crippen molar-refractivity contribution in [2.75, 3.05) is 5.32 Å². The van der Waals surface area contributed by atoms with Gasteiger partial charge >= 0.3 is 11.7 Å². The quantitative estimate of drug-likeness (QED) is 0.402. The number of carbonyl (C=O) groups is 1. The molecule has 0 spiro atoms. The first-order valence-corrected chi connectivity index (χ1v) is 11.7. The van der Waals surface area contributed by atoms with Crippen molar-refractivity contribution in [3.8, 4) is 11.8 Å². The number of H-pyrrole nitrogens is 1. The maximum atomic E-state index is 13.5. The van der Waals surface area contributed by atoms with Crippen LogP contribution in [0.5, 0.6) is 11.8 Å². The van der Waals surface area contributed by atoms with Gasteiger partial charge in [-0.15, -0.1) is 0 Å². The summed E-state index contributed by atoms with van der Waals surface area (Å²) in [7, 11) is 0. The van der Waals surface area contributed by atoms with Gasteiger partial charge in [0.25, 0.3) is 11.5 Å². The van der Waals surface area contributed by atoms with Crippen LogP contribution in [-0.2, 0) is 6.54 Å². The van der Waals surface area contributed by atoms with Crippen molar-refractivity contribution in [3.63, 3.8) is 0 Å². The minimum Gasteiger partial charge on any atom is -0.424 e. The number of ether oxygens (including phenoxy) is 1. The third-order valence-corrected chi connectivity index (χ3v) is 5.55. The minimum absolute atomic E-state index is 0.0267. The maximum absolute atomic E-state index is 13.5. The second kappa shape index (κ2) is 10.1. The molecule has 4 rings (SSSR count). The number of pyridine rings is 1. The van der Waals surface area contributed by atoms with Crippen LogP contribution in [0, 0.1) is 12.8 Å². The van der Waals surface area contributed by atoms with E-state index in [1.54, 1.807) is 42.7 Å². The van der Waals surface area contributed by atoms with Gasteiger partial charge in [-0.05, 0) is 54.7 Å².